The summed E-state index contributed by atoms with van der Waals surface area (Å²) in [6.45, 7) is 9.10. The summed E-state index contributed by atoms with van der Waals surface area (Å²) in [6, 6.07) is 0. The van der Waals surface area contributed by atoms with Gasteiger partial charge in [-0.2, -0.15) is 0 Å². The van der Waals surface area contributed by atoms with E-state index in [0.717, 1.165) is 0 Å². The van der Waals surface area contributed by atoms with Gasteiger partial charge in [0.25, 0.3) is 0 Å². The van der Waals surface area contributed by atoms with E-state index < -0.39 is 88.4 Å². The fraction of sp³-hybridized carbons (Fsp3) is 0.875. The van der Waals surface area contributed by atoms with Gasteiger partial charge < -0.3 is 33.5 Å². The zero-order valence-corrected chi connectivity index (χ0v) is 20.7. The number of aliphatic hydroxyl groups excluding tert-OH is 1. The van der Waals surface area contributed by atoms with Crippen LogP contribution >= 0.6 is 0 Å². The van der Waals surface area contributed by atoms with Crippen molar-refractivity contribution in [2.45, 2.75) is 84.0 Å². The number of rotatable bonds is 4. The van der Waals surface area contributed by atoms with Gasteiger partial charge in [-0.1, -0.05) is 27.7 Å². The number of hydrogen-bond donors (Lipinski definition) is 1. The maximum atomic E-state index is 13.1. The molecule has 5 fully saturated rings. The Morgan fingerprint density at radius 1 is 1.24 bits per heavy atom. The molecule has 5 rings (SSSR count). The van der Waals surface area contributed by atoms with Gasteiger partial charge in [-0.25, -0.2) is 4.79 Å². The Bertz CT molecular complexity index is 927. The molecule has 2 spiro atoms. The highest BCUT2D eigenvalue weighted by atomic mass is 16.8. The molecule has 2 saturated carbocycles. The molecule has 0 aromatic rings. The van der Waals surface area contributed by atoms with Gasteiger partial charge in [0, 0.05) is 25.9 Å². The van der Waals surface area contributed by atoms with Crippen molar-refractivity contribution >= 4 is 17.9 Å². The number of hydrogen-bond acceptors (Lipinski definition) is 10. The first kappa shape index (κ1) is 24.0. The van der Waals surface area contributed by atoms with E-state index in [1.807, 2.05) is 20.8 Å². The van der Waals surface area contributed by atoms with Gasteiger partial charge in [-0.15, -0.1) is 0 Å². The third-order valence-corrected chi connectivity index (χ3v) is 9.35. The number of methoxy groups -OCH3 is 2. The van der Waals surface area contributed by atoms with Gasteiger partial charge in [0.15, 0.2) is 12.4 Å². The second kappa shape index (κ2) is 7.15. The Kier molecular flexibility index (Phi) is 5.04. The van der Waals surface area contributed by atoms with E-state index >= 15 is 0 Å². The Hall–Kier alpha value is -1.75. The van der Waals surface area contributed by atoms with Crippen LogP contribution in [0.2, 0.25) is 0 Å². The number of carbonyl (C=O) groups excluding carboxylic acids is 3. The molecule has 1 N–H and O–H groups in total. The lowest BCUT2D eigenvalue weighted by molar-refractivity contribution is -0.253. The highest BCUT2D eigenvalue weighted by Gasteiger charge is 2.97. The molecule has 0 aromatic carbocycles. The van der Waals surface area contributed by atoms with Crippen LogP contribution in [0.3, 0.4) is 0 Å². The first-order valence-electron chi connectivity index (χ1n) is 11.9. The first-order chi connectivity index (χ1) is 15.9. The van der Waals surface area contributed by atoms with Crippen LogP contribution in [0.15, 0.2) is 0 Å². The largest absolute Gasteiger partial charge is 0.469 e. The fourth-order valence-corrected chi connectivity index (χ4v) is 8.81. The zero-order valence-electron chi connectivity index (χ0n) is 20.7. The van der Waals surface area contributed by atoms with Crippen LogP contribution in [-0.4, -0.2) is 73.7 Å². The molecule has 11 atom stereocenters. The minimum atomic E-state index is -1.42. The maximum absolute atomic E-state index is 13.1. The summed E-state index contributed by atoms with van der Waals surface area (Å²) in [5.41, 5.74) is -3.97. The lowest BCUT2D eigenvalue weighted by Crippen LogP contribution is -2.60. The first-order valence-corrected chi connectivity index (χ1v) is 11.9. The minimum Gasteiger partial charge on any atom is -0.469 e. The van der Waals surface area contributed by atoms with Gasteiger partial charge in [-0.3, -0.25) is 9.59 Å². The quantitative estimate of drug-likeness (QED) is 0.461. The van der Waals surface area contributed by atoms with Crippen molar-refractivity contribution in [3.63, 3.8) is 0 Å². The number of esters is 3. The van der Waals surface area contributed by atoms with E-state index in [2.05, 4.69) is 0 Å². The molecule has 0 radical (unpaired) electrons. The van der Waals surface area contributed by atoms with Crippen LogP contribution in [0.4, 0.5) is 0 Å². The molecule has 3 aliphatic heterocycles. The molecule has 0 bridgehead atoms. The van der Waals surface area contributed by atoms with Crippen molar-refractivity contribution in [1.29, 1.82) is 0 Å². The predicted octanol–water partition coefficient (Wildman–Crippen LogP) is 1.17. The summed E-state index contributed by atoms with van der Waals surface area (Å²) < 4.78 is 35.4. The predicted molar refractivity (Wildman–Crippen MR) is 113 cm³/mol. The van der Waals surface area contributed by atoms with Crippen LogP contribution in [0.1, 0.15) is 47.5 Å². The van der Waals surface area contributed by atoms with Gasteiger partial charge in [0.1, 0.15) is 17.8 Å². The molecule has 3 saturated heterocycles. The third kappa shape index (κ3) is 2.34. The SMILES string of the molecule is COC(=O)C(C)[C@H]1CC[C@]23C4OC(O)[C@]12O[C@@H]1OC(=O)[C@H](OC)[C@@]13[C@H](C(C)(C)C)[C@H]4OC(C)=O. The summed E-state index contributed by atoms with van der Waals surface area (Å²) in [4.78, 5) is 38.0. The summed E-state index contributed by atoms with van der Waals surface area (Å²) in [6.07, 6.45) is -4.05. The van der Waals surface area contributed by atoms with Crippen LogP contribution < -0.4 is 0 Å². The highest BCUT2D eigenvalue weighted by Crippen LogP contribution is 2.84. The standard InChI is InChI=1S/C24H34O10/c1-10(17(26)30-7)12-8-9-22-15-13(31-11(2)25)14(21(3,4)5)23(22)16(29-6)18(27)33-20(23)34-24(12,22)19(28)32-15/h10,12-16,19-20,28H,8-9H2,1-7H3/t10?,12-,13-,14+,15?,16+,19?,20+,22-,23+,24-/m1/s1. The minimum absolute atomic E-state index is 0.427. The summed E-state index contributed by atoms with van der Waals surface area (Å²) in [7, 11) is 2.77. The third-order valence-electron chi connectivity index (χ3n) is 9.35. The van der Waals surface area contributed by atoms with Gasteiger partial charge in [0.05, 0.1) is 23.9 Å². The smallest absolute Gasteiger partial charge is 0.338 e. The molecule has 2 aliphatic carbocycles. The lowest BCUT2D eigenvalue weighted by Gasteiger charge is -2.48. The van der Waals surface area contributed by atoms with E-state index in [1.54, 1.807) is 6.92 Å². The normalized spacial score (nSPS) is 49.3. The second-order valence-corrected chi connectivity index (χ2v) is 11.5. The van der Waals surface area contributed by atoms with Gasteiger partial charge >= 0.3 is 17.9 Å². The second-order valence-electron chi connectivity index (χ2n) is 11.5. The van der Waals surface area contributed by atoms with Crippen LogP contribution in [0.5, 0.6) is 0 Å². The summed E-state index contributed by atoms with van der Waals surface area (Å²) in [5, 5.41) is 11.4. The highest BCUT2D eigenvalue weighted by molar-refractivity contribution is 5.80. The number of carbonyl (C=O) groups is 3. The molecule has 5 aliphatic rings. The lowest BCUT2D eigenvalue weighted by atomic mass is 9.51. The van der Waals surface area contributed by atoms with Crippen molar-refractivity contribution in [2.24, 2.45) is 34.0 Å². The molecule has 3 unspecified atom stereocenters. The average molecular weight is 483 g/mol. The van der Waals surface area contributed by atoms with Gasteiger partial charge in [-0.05, 0) is 18.3 Å². The van der Waals surface area contributed by atoms with Crippen LogP contribution in [0.25, 0.3) is 0 Å². The Morgan fingerprint density at radius 2 is 1.91 bits per heavy atom. The number of aliphatic hydroxyl groups is 1. The zero-order chi connectivity index (χ0) is 25.0. The molecule has 0 aromatic heterocycles. The summed E-state index contributed by atoms with van der Waals surface area (Å²) in [5.74, 6) is -3.03. The Labute approximate surface area is 198 Å². The monoisotopic (exact) mass is 482 g/mol. The average Bonchev–Trinajstić information content (AvgIpc) is 3.41. The summed E-state index contributed by atoms with van der Waals surface area (Å²) >= 11 is 0. The molecule has 34 heavy (non-hydrogen) atoms. The van der Waals surface area contributed by atoms with E-state index in [0.29, 0.717) is 12.8 Å². The fourth-order valence-electron chi connectivity index (χ4n) is 8.81. The molecular formula is C24H34O10. The molecule has 10 heteroatoms. The Balaban J connectivity index is 1.80. The molecule has 190 valence electrons. The van der Waals surface area contributed by atoms with Crippen LogP contribution in [-0.2, 0) is 42.8 Å². The van der Waals surface area contributed by atoms with Crippen LogP contribution in [0, 0.1) is 34.0 Å². The van der Waals surface area contributed by atoms with Gasteiger partial charge in [0.2, 0.25) is 6.29 Å². The van der Waals surface area contributed by atoms with Crippen molar-refractivity contribution in [1.82, 2.24) is 0 Å². The van der Waals surface area contributed by atoms with E-state index in [-0.39, 0.29) is 0 Å². The number of ether oxygens (including phenoxy) is 6. The Morgan fingerprint density at radius 3 is 2.47 bits per heavy atom. The molecule has 3 heterocycles. The van der Waals surface area contributed by atoms with E-state index in [4.69, 9.17) is 28.4 Å². The maximum Gasteiger partial charge on any atom is 0.338 e. The van der Waals surface area contributed by atoms with Crippen molar-refractivity contribution in [3.8, 4) is 0 Å². The molecule has 10 nitrogen and oxygen atoms in total. The van der Waals surface area contributed by atoms with E-state index in [1.165, 1.54) is 21.1 Å². The van der Waals surface area contributed by atoms with Crippen molar-refractivity contribution in [3.05, 3.63) is 0 Å². The molecule has 0 amide bonds. The molecular weight excluding hydrogens is 448 g/mol. The van der Waals surface area contributed by atoms with Crippen molar-refractivity contribution < 1.29 is 47.9 Å². The van der Waals surface area contributed by atoms with Crippen molar-refractivity contribution in [2.75, 3.05) is 14.2 Å². The topological polar surface area (TPSA) is 127 Å². The van der Waals surface area contributed by atoms with E-state index in [9.17, 15) is 19.5 Å².